The molecule has 0 spiro atoms. The highest BCUT2D eigenvalue weighted by Crippen LogP contribution is 2.11. The Hall–Kier alpha value is -1.85. The van der Waals surface area contributed by atoms with Crippen LogP contribution in [0.5, 0.6) is 0 Å². The first-order valence-corrected chi connectivity index (χ1v) is 4.90. The van der Waals surface area contributed by atoms with Gasteiger partial charge in [0, 0.05) is 11.9 Å². The highest BCUT2D eigenvalue weighted by Gasteiger charge is 2.05. The molecule has 5 nitrogen and oxygen atoms in total. The molecule has 2 rings (SSSR count). The maximum absolute atomic E-state index is 11.6. The Morgan fingerprint density at radius 3 is 2.94 bits per heavy atom. The first-order chi connectivity index (χ1) is 7.72. The number of hydrogen-bond donors (Lipinski definition) is 2. The van der Waals surface area contributed by atoms with Gasteiger partial charge in [-0.25, -0.2) is 10.7 Å². The van der Waals surface area contributed by atoms with Crippen LogP contribution in [-0.4, -0.2) is 9.55 Å². The molecule has 2 aromatic rings. The molecule has 0 radical (unpaired) electrons. The standard InChI is InChI=1S/C11H13N3O2/c1-8-6-13-11(15)14(8)10-4-2-3-9(5-10)7-16-12/h2-6H,7,12H2,1H3,(H,13,15). The maximum Gasteiger partial charge on any atom is 0.330 e. The summed E-state index contributed by atoms with van der Waals surface area (Å²) in [7, 11) is 0. The predicted octanol–water partition coefficient (Wildman–Crippen LogP) is 0.864. The lowest BCUT2D eigenvalue weighted by atomic mass is 10.2. The van der Waals surface area contributed by atoms with E-state index in [4.69, 9.17) is 5.90 Å². The van der Waals surface area contributed by atoms with Crippen molar-refractivity contribution in [3.63, 3.8) is 0 Å². The van der Waals surface area contributed by atoms with Crippen LogP contribution in [0.4, 0.5) is 0 Å². The van der Waals surface area contributed by atoms with E-state index in [0.29, 0.717) is 6.61 Å². The predicted molar refractivity (Wildman–Crippen MR) is 60.1 cm³/mol. The lowest BCUT2D eigenvalue weighted by Crippen LogP contribution is -2.16. The Kier molecular flexibility index (Phi) is 2.89. The van der Waals surface area contributed by atoms with E-state index in [0.717, 1.165) is 16.9 Å². The van der Waals surface area contributed by atoms with Gasteiger partial charge in [0.05, 0.1) is 12.3 Å². The minimum Gasteiger partial charge on any atom is -0.312 e. The molecular formula is C11H13N3O2. The fourth-order valence-electron chi connectivity index (χ4n) is 1.66. The van der Waals surface area contributed by atoms with Gasteiger partial charge >= 0.3 is 5.69 Å². The summed E-state index contributed by atoms with van der Waals surface area (Å²) in [6, 6.07) is 7.49. The number of benzene rings is 1. The second-order valence-electron chi connectivity index (χ2n) is 3.55. The average molecular weight is 219 g/mol. The van der Waals surface area contributed by atoms with Gasteiger partial charge in [-0.2, -0.15) is 0 Å². The molecule has 0 amide bonds. The summed E-state index contributed by atoms with van der Waals surface area (Å²) in [5.41, 5.74) is 2.44. The number of hydrogen-bond acceptors (Lipinski definition) is 3. The van der Waals surface area contributed by atoms with Gasteiger partial charge < -0.3 is 4.98 Å². The molecule has 0 aliphatic rings. The topological polar surface area (TPSA) is 73.0 Å². The summed E-state index contributed by atoms with van der Waals surface area (Å²) < 4.78 is 1.60. The molecule has 0 atom stereocenters. The molecule has 0 saturated heterocycles. The van der Waals surface area contributed by atoms with Crippen LogP contribution in [0.1, 0.15) is 11.3 Å². The van der Waals surface area contributed by atoms with Gasteiger partial charge in [0.2, 0.25) is 0 Å². The summed E-state index contributed by atoms with van der Waals surface area (Å²) in [5, 5.41) is 0. The third kappa shape index (κ3) is 1.91. The van der Waals surface area contributed by atoms with Crippen molar-refractivity contribution in [2.45, 2.75) is 13.5 Å². The highest BCUT2D eigenvalue weighted by atomic mass is 16.6. The number of aryl methyl sites for hydroxylation is 1. The summed E-state index contributed by atoms with van der Waals surface area (Å²) in [6.07, 6.45) is 1.68. The van der Waals surface area contributed by atoms with E-state index in [2.05, 4.69) is 9.82 Å². The van der Waals surface area contributed by atoms with Crippen LogP contribution < -0.4 is 11.6 Å². The second-order valence-corrected chi connectivity index (χ2v) is 3.55. The van der Waals surface area contributed by atoms with E-state index >= 15 is 0 Å². The molecule has 0 fully saturated rings. The minimum atomic E-state index is -0.150. The third-order valence-corrected chi connectivity index (χ3v) is 2.38. The molecule has 0 unspecified atom stereocenters. The Morgan fingerprint density at radius 2 is 2.31 bits per heavy atom. The van der Waals surface area contributed by atoms with Crippen molar-refractivity contribution in [1.82, 2.24) is 9.55 Å². The van der Waals surface area contributed by atoms with Crippen molar-refractivity contribution >= 4 is 0 Å². The summed E-state index contributed by atoms with van der Waals surface area (Å²) in [5.74, 6) is 5.01. The van der Waals surface area contributed by atoms with Crippen LogP contribution in [-0.2, 0) is 11.4 Å². The summed E-state index contributed by atoms with van der Waals surface area (Å²) in [4.78, 5) is 18.8. The number of nitrogens with zero attached hydrogens (tertiary/aromatic N) is 1. The van der Waals surface area contributed by atoms with Crippen molar-refractivity contribution in [3.05, 3.63) is 52.2 Å². The normalized spacial score (nSPS) is 10.6. The van der Waals surface area contributed by atoms with Crippen LogP contribution in [0, 0.1) is 6.92 Å². The van der Waals surface area contributed by atoms with Gasteiger partial charge in [-0.3, -0.25) is 9.40 Å². The quantitative estimate of drug-likeness (QED) is 0.752. The van der Waals surface area contributed by atoms with Gasteiger partial charge in [-0.05, 0) is 24.6 Å². The van der Waals surface area contributed by atoms with Gasteiger partial charge in [0.1, 0.15) is 0 Å². The largest absolute Gasteiger partial charge is 0.330 e. The minimum absolute atomic E-state index is 0.150. The van der Waals surface area contributed by atoms with E-state index < -0.39 is 0 Å². The van der Waals surface area contributed by atoms with Crippen LogP contribution in [0.2, 0.25) is 0 Å². The van der Waals surface area contributed by atoms with Crippen LogP contribution >= 0.6 is 0 Å². The molecule has 16 heavy (non-hydrogen) atoms. The van der Waals surface area contributed by atoms with Crippen LogP contribution in [0.15, 0.2) is 35.3 Å². The zero-order valence-electron chi connectivity index (χ0n) is 8.93. The van der Waals surface area contributed by atoms with Crippen molar-refractivity contribution < 1.29 is 4.84 Å². The Bertz CT molecular complexity index is 542. The van der Waals surface area contributed by atoms with Crippen LogP contribution in [0.3, 0.4) is 0 Å². The molecule has 5 heteroatoms. The van der Waals surface area contributed by atoms with E-state index in [9.17, 15) is 4.79 Å². The molecule has 1 heterocycles. The highest BCUT2D eigenvalue weighted by molar-refractivity contribution is 5.37. The maximum atomic E-state index is 11.6. The van der Waals surface area contributed by atoms with E-state index in [1.54, 1.807) is 10.8 Å². The van der Waals surface area contributed by atoms with Gasteiger partial charge in [-0.1, -0.05) is 12.1 Å². The average Bonchev–Trinajstić information content (AvgIpc) is 2.59. The van der Waals surface area contributed by atoms with Gasteiger partial charge in [0.15, 0.2) is 0 Å². The number of imidazole rings is 1. The Balaban J connectivity index is 2.48. The molecule has 84 valence electrons. The molecule has 0 aliphatic carbocycles. The molecule has 1 aromatic carbocycles. The summed E-state index contributed by atoms with van der Waals surface area (Å²) in [6.45, 7) is 2.19. The molecule has 0 bridgehead atoms. The molecule has 1 aromatic heterocycles. The Labute approximate surface area is 92.4 Å². The van der Waals surface area contributed by atoms with Crippen molar-refractivity contribution in [1.29, 1.82) is 0 Å². The smallest absolute Gasteiger partial charge is 0.312 e. The van der Waals surface area contributed by atoms with E-state index in [-0.39, 0.29) is 5.69 Å². The monoisotopic (exact) mass is 219 g/mol. The molecular weight excluding hydrogens is 206 g/mol. The van der Waals surface area contributed by atoms with E-state index in [1.807, 2.05) is 31.2 Å². The number of aromatic nitrogens is 2. The zero-order valence-corrected chi connectivity index (χ0v) is 8.93. The Morgan fingerprint density at radius 1 is 1.50 bits per heavy atom. The van der Waals surface area contributed by atoms with Gasteiger partial charge in [0.25, 0.3) is 0 Å². The zero-order chi connectivity index (χ0) is 11.5. The van der Waals surface area contributed by atoms with E-state index in [1.165, 1.54) is 0 Å². The SMILES string of the molecule is Cc1c[nH]c(=O)n1-c1cccc(CON)c1. The second kappa shape index (κ2) is 4.34. The first kappa shape index (κ1) is 10.7. The molecule has 3 N–H and O–H groups in total. The van der Waals surface area contributed by atoms with Gasteiger partial charge in [-0.15, -0.1) is 0 Å². The number of nitrogens with one attached hydrogen (secondary N) is 1. The fourth-order valence-corrected chi connectivity index (χ4v) is 1.66. The summed E-state index contributed by atoms with van der Waals surface area (Å²) >= 11 is 0. The van der Waals surface area contributed by atoms with Crippen molar-refractivity contribution in [2.75, 3.05) is 0 Å². The fraction of sp³-hybridized carbons (Fsp3) is 0.182. The number of rotatable bonds is 3. The van der Waals surface area contributed by atoms with Crippen LogP contribution in [0.25, 0.3) is 5.69 Å². The number of nitrogens with two attached hydrogens (primary N) is 1. The number of H-pyrrole nitrogens is 1. The lowest BCUT2D eigenvalue weighted by Gasteiger charge is -2.06. The number of aromatic amines is 1. The molecule has 0 aliphatic heterocycles. The van der Waals surface area contributed by atoms with Crippen molar-refractivity contribution in [3.8, 4) is 5.69 Å². The van der Waals surface area contributed by atoms with Crippen molar-refractivity contribution in [2.24, 2.45) is 5.90 Å². The lowest BCUT2D eigenvalue weighted by molar-refractivity contribution is 0.124. The molecule has 0 saturated carbocycles. The third-order valence-electron chi connectivity index (χ3n) is 2.38. The first-order valence-electron chi connectivity index (χ1n) is 4.90.